The lowest BCUT2D eigenvalue weighted by Gasteiger charge is -2.31. The lowest BCUT2D eigenvalue weighted by atomic mass is 10.1. The second-order valence-electron chi connectivity index (χ2n) is 3.68. The summed E-state index contributed by atoms with van der Waals surface area (Å²) in [4.78, 5) is 4.57. The summed E-state index contributed by atoms with van der Waals surface area (Å²) in [6.45, 7) is 0.208. The van der Waals surface area contributed by atoms with E-state index >= 15 is 0 Å². The molecule has 3 atom stereocenters. The van der Waals surface area contributed by atoms with Crippen LogP contribution in [0.15, 0.2) is 35.5 Å². The predicted octanol–water partition coefficient (Wildman–Crippen LogP) is 1.09. The minimum Gasteiger partial charge on any atom is -0.399 e. The summed E-state index contributed by atoms with van der Waals surface area (Å²) >= 11 is 0. The highest BCUT2D eigenvalue weighted by molar-refractivity contribution is 5.63. The monoisotopic (exact) mass is 237 g/mol. The average Bonchev–Trinajstić information content (AvgIpc) is 2.39. The summed E-state index contributed by atoms with van der Waals surface area (Å²) in [6.07, 6.45) is -0.293. The molecule has 5 nitrogen and oxygen atoms in total. The van der Waals surface area contributed by atoms with Gasteiger partial charge in [-0.2, -0.15) is 0 Å². The third-order valence-electron chi connectivity index (χ3n) is 2.46. The van der Waals surface area contributed by atoms with E-state index < -0.39 is 18.5 Å². The van der Waals surface area contributed by atoms with Crippen molar-refractivity contribution in [2.24, 2.45) is 5.16 Å². The van der Waals surface area contributed by atoms with Gasteiger partial charge in [0.05, 0.1) is 12.8 Å². The Morgan fingerprint density at radius 3 is 2.88 bits per heavy atom. The molecule has 0 radical (unpaired) electrons. The lowest BCUT2D eigenvalue weighted by molar-refractivity contribution is -0.237. The Morgan fingerprint density at radius 2 is 2.18 bits per heavy atom. The summed E-state index contributed by atoms with van der Waals surface area (Å²) in [7, 11) is 1.44. The zero-order chi connectivity index (χ0) is 12.1. The second-order valence-corrected chi connectivity index (χ2v) is 3.68. The number of aliphatic hydroxyl groups is 1. The van der Waals surface area contributed by atoms with Crippen molar-refractivity contribution in [1.29, 1.82) is 0 Å². The van der Waals surface area contributed by atoms with Crippen LogP contribution in [0.2, 0.25) is 0 Å². The molecule has 5 heteroatoms. The van der Waals surface area contributed by atoms with Crippen molar-refractivity contribution in [3.05, 3.63) is 35.9 Å². The van der Waals surface area contributed by atoms with E-state index in [0.29, 0.717) is 0 Å². The minimum atomic E-state index is -0.728. The van der Waals surface area contributed by atoms with Crippen molar-refractivity contribution in [1.82, 2.24) is 0 Å². The van der Waals surface area contributed by atoms with E-state index in [4.69, 9.17) is 9.47 Å². The van der Waals surface area contributed by atoms with Gasteiger partial charge in [0.15, 0.2) is 6.29 Å². The quantitative estimate of drug-likeness (QED) is 0.631. The minimum absolute atomic E-state index is 0.208. The van der Waals surface area contributed by atoms with Gasteiger partial charge in [0.1, 0.15) is 19.3 Å². The van der Waals surface area contributed by atoms with Gasteiger partial charge in [-0.15, -0.1) is 0 Å². The number of benzene rings is 1. The molecule has 1 aliphatic rings. The average molecular weight is 237 g/mol. The van der Waals surface area contributed by atoms with Crippen LogP contribution < -0.4 is 0 Å². The normalized spacial score (nSPS) is 29.4. The molecule has 1 aromatic carbocycles. The van der Waals surface area contributed by atoms with Crippen LogP contribution in [0, 0.1) is 0 Å². The first-order valence-corrected chi connectivity index (χ1v) is 5.38. The number of oxime groups is 1. The molecule has 0 unspecified atom stereocenters. The fraction of sp³-hybridized carbons (Fsp3) is 0.417. The lowest BCUT2D eigenvalue weighted by Crippen LogP contribution is -2.41. The highest BCUT2D eigenvalue weighted by Gasteiger charge is 2.30. The van der Waals surface area contributed by atoms with Crippen LogP contribution in [0.25, 0.3) is 0 Å². The predicted molar refractivity (Wildman–Crippen MR) is 61.5 cm³/mol. The molecule has 1 aliphatic heterocycles. The Kier molecular flexibility index (Phi) is 4.08. The topological polar surface area (TPSA) is 60.3 Å². The zero-order valence-corrected chi connectivity index (χ0v) is 9.52. The van der Waals surface area contributed by atoms with Crippen LogP contribution in [0.3, 0.4) is 0 Å². The maximum atomic E-state index is 9.66. The molecule has 0 bridgehead atoms. The third kappa shape index (κ3) is 3.03. The van der Waals surface area contributed by atoms with Gasteiger partial charge in [-0.1, -0.05) is 35.5 Å². The van der Waals surface area contributed by atoms with E-state index in [0.717, 1.165) is 5.56 Å². The van der Waals surface area contributed by atoms with Gasteiger partial charge in [-0.3, -0.25) is 0 Å². The van der Waals surface area contributed by atoms with Gasteiger partial charge in [-0.25, -0.2) is 0 Å². The molecular weight excluding hydrogens is 222 g/mol. The first-order valence-electron chi connectivity index (χ1n) is 5.38. The van der Waals surface area contributed by atoms with Gasteiger partial charge < -0.3 is 19.4 Å². The Balaban J connectivity index is 2.05. The summed E-state index contributed by atoms with van der Waals surface area (Å²) in [5.74, 6) is 0. The van der Waals surface area contributed by atoms with E-state index in [9.17, 15) is 5.11 Å². The maximum Gasteiger partial charge on any atom is 0.184 e. The summed E-state index contributed by atoms with van der Waals surface area (Å²) in [5, 5.41) is 13.3. The maximum absolute atomic E-state index is 9.66. The van der Waals surface area contributed by atoms with Crippen LogP contribution in [0.1, 0.15) is 11.9 Å². The van der Waals surface area contributed by atoms with Crippen LogP contribution >= 0.6 is 0 Å². The van der Waals surface area contributed by atoms with Gasteiger partial charge in [0.25, 0.3) is 0 Å². The zero-order valence-electron chi connectivity index (χ0n) is 9.52. The van der Waals surface area contributed by atoms with E-state index in [1.807, 2.05) is 30.3 Å². The molecular formula is C12H15NO4. The number of nitrogens with zero attached hydrogens (tertiary/aromatic N) is 1. The SMILES string of the molecule is CO/N=C/[C@@H]1O[C@H](c2ccccc2)OC[C@H]1O. The molecule has 92 valence electrons. The Morgan fingerprint density at radius 1 is 1.41 bits per heavy atom. The smallest absolute Gasteiger partial charge is 0.184 e. The van der Waals surface area contributed by atoms with Gasteiger partial charge in [0.2, 0.25) is 0 Å². The largest absolute Gasteiger partial charge is 0.399 e. The molecule has 2 rings (SSSR count). The highest BCUT2D eigenvalue weighted by atomic mass is 16.7. The van der Waals surface area contributed by atoms with Gasteiger partial charge >= 0.3 is 0 Å². The van der Waals surface area contributed by atoms with Crippen molar-refractivity contribution >= 4 is 6.21 Å². The van der Waals surface area contributed by atoms with Crippen LogP contribution in [0.5, 0.6) is 0 Å². The number of hydrogen-bond donors (Lipinski definition) is 1. The Bertz CT molecular complexity index is 368. The molecule has 1 fully saturated rings. The fourth-order valence-electron chi connectivity index (χ4n) is 1.59. The molecule has 0 saturated carbocycles. The fourth-order valence-corrected chi connectivity index (χ4v) is 1.59. The van der Waals surface area contributed by atoms with Crippen molar-refractivity contribution in [2.75, 3.05) is 13.7 Å². The van der Waals surface area contributed by atoms with Crippen molar-refractivity contribution in [3.63, 3.8) is 0 Å². The van der Waals surface area contributed by atoms with Gasteiger partial charge in [0, 0.05) is 5.56 Å². The molecule has 17 heavy (non-hydrogen) atoms. The number of rotatable bonds is 3. The Hall–Kier alpha value is -1.43. The van der Waals surface area contributed by atoms with Crippen molar-refractivity contribution in [2.45, 2.75) is 18.5 Å². The summed E-state index contributed by atoms with van der Waals surface area (Å²) < 4.78 is 11.0. The number of ether oxygens (including phenoxy) is 2. The molecule has 1 N–H and O–H groups in total. The highest BCUT2D eigenvalue weighted by Crippen LogP contribution is 2.25. The molecule has 0 aliphatic carbocycles. The standard InChI is InChI=1S/C12H15NO4/c1-15-13-7-11-10(14)8-16-12(17-11)9-5-3-2-4-6-9/h2-7,10-12,14H,8H2,1H3/b13-7+/t10-,11+,12-/m1/s1. The van der Waals surface area contributed by atoms with Gasteiger partial charge in [-0.05, 0) is 0 Å². The van der Waals surface area contributed by atoms with Crippen molar-refractivity contribution < 1.29 is 19.4 Å². The van der Waals surface area contributed by atoms with Crippen LogP contribution in [0.4, 0.5) is 0 Å². The second kappa shape index (κ2) is 5.77. The first-order chi connectivity index (χ1) is 8.31. The Labute approximate surface area is 99.6 Å². The summed E-state index contributed by atoms with van der Waals surface area (Å²) in [5.41, 5.74) is 0.912. The van der Waals surface area contributed by atoms with E-state index in [2.05, 4.69) is 9.99 Å². The van der Waals surface area contributed by atoms with E-state index in [1.54, 1.807) is 0 Å². The third-order valence-corrected chi connectivity index (χ3v) is 2.46. The molecule has 0 spiro atoms. The number of aliphatic hydroxyl groups excluding tert-OH is 1. The molecule has 0 amide bonds. The van der Waals surface area contributed by atoms with E-state index in [1.165, 1.54) is 13.3 Å². The molecule has 0 aromatic heterocycles. The molecule has 1 aromatic rings. The molecule has 1 heterocycles. The van der Waals surface area contributed by atoms with Crippen LogP contribution in [-0.2, 0) is 14.3 Å². The summed E-state index contributed by atoms with van der Waals surface area (Å²) in [6, 6.07) is 9.56. The van der Waals surface area contributed by atoms with E-state index in [-0.39, 0.29) is 6.61 Å². The number of hydrogen-bond acceptors (Lipinski definition) is 5. The first kappa shape index (κ1) is 12.0. The molecule has 1 saturated heterocycles. The van der Waals surface area contributed by atoms with Crippen molar-refractivity contribution in [3.8, 4) is 0 Å². The van der Waals surface area contributed by atoms with Crippen LogP contribution in [-0.4, -0.2) is 37.2 Å².